The molecule has 0 saturated carbocycles. The Balaban J connectivity index is 2.41. The third kappa shape index (κ3) is 2.91. The van der Waals surface area contributed by atoms with E-state index in [0.29, 0.717) is 12.8 Å². The molecular weight excluding hydrogens is 390 g/mol. The highest BCUT2D eigenvalue weighted by atomic mass is 79.9. The van der Waals surface area contributed by atoms with Crippen molar-refractivity contribution in [2.75, 3.05) is 7.11 Å². The van der Waals surface area contributed by atoms with Crippen molar-refractivity contribution in [3.8, 4) is 0 Å². The monoisotopic (exact) mass is 403 g/mol. The van der Waals surface area contributed by atoms with E-state index >= 15 is 0 Å². The summed E-state index contributed by atoms with van der Waals surface area (Å²) in [5.41, 5.74) is 1.27. The van der Waals surface area contributed by atoms with Gasteiger partial charge in [-0.05, 0) is 68.0 Å². The first kappa shape index (κ1) is 15.5. The molecule has 0 fully saturated rings. The van der Waals surface area contributed by atoms with Crippen LogP contribution in [0.15, 0.2) is 21.1 Å². The number of benzene rings is 1. The van der Waals surface area contributed by atoms with Gasteiger partial charge in [-0.1, -0.05) is 0 Å². The van der Waals surface area contributed by atoms with Crippen LogP contribution in [0.3, 0.4) is 0 Å². The first-order chi connectivity index (χ1) is 9.38. The van der Waals surface area contributed by atoms with Gasteiger partial charge in [-0.15, -0.1) is 0 Å². The maximum Gasteiger partial charge on any atom is 0.331 e. The minimum Gasteiger partial charge on any atom is -0.467 e. The summed E-state index contributed by atoms with van der Waals surface area (Å²) in [6.07, 6.45) is 1.71. The third-order valence-corrected chi connectivity index (χ3v) is 5.39. The molecule has 1 aliphatic carbocycles. The molecule has 0 aromatic heterocycles. The Kier molecular flexibility index (Phi) is 4.54. The molecule has 1 N–H and O–H groups in total. The summed E-state index contributed by atoms with van der Waals surface area (Å²) in [5.74, 6) is -0.618. The van der Waals surface area contributed by atoms with Gasteiger partial charge >= 0.3 is 5.97 Å². The van der Waals surface area contributed by atoms with Gasteiger partial charge in [-0.3, -0.25) is 4.79 Å². The number of aryl methyl sites for hydroxylation is 1. The van der Waals surface area contributed by atoms with Crippen LogP contribution in [0.2, 0.25) is 0 Å². The Morgan fingerprint density at radius 2 is 1.85 bits per heavy atom. The molecule has 0 aliphatic heterocycles. The fourth-order valence-electron chi connectivity index (χ4n) is 2.65. The van der Waals surface area contributed by atoms with Gasteiger partial charge in [0, 0.05) is 22.3 Å². The van der Waals surface area contributed by atoms with E-state index in [1.54, 1.807) is 0 Å². The van der Waals surface area contributed by atoms with Crippen LogP contribution in [-0.4, -0.2) is 24.5 Å². The van der Waals surface area contributed by atoms with E-state index in [4.69, 9.17) is 4.74 Å². The van der Waals surface area contributed by atoms with Crippen LogP contribution in [0.4, 0.5) is 0 Å². The van der Waals surface area contributed by atoms with Crippen molar-refractivity contribution in [2.24, 2.45) is 0 Å². The number of nitrogens with one attached hydrogen (secondary N) is 1. The zero-order chi connectivity index (χ0) is 14.9. The molecule has 1 unspecified atom stereocenters. The zero-order valence-corrected chi connectivity index (χ0v) is 14.4. The molecule has 4 nitrogen and oxygen atoms in total. The first-order valence-corrected chi connectivity index (χ1v) is 7.80. The van der Waals surface area contributed by atoms with Crippen molar-refractivity contribution in [2.45, 2.75) is 31.7 Å². The van der Waals surface area contributed by atoms with Crippen molar-refractivity contribution >= 4 is 43.7 Å². The minimum absolute atomic E-state index is 0.227. The second-order valence-electron chi connectivity index (χ2n) is 4.97. The largest absolute Gasteiger partial charge is 0.467 e. The Labute approximate surface area is 134 Å². The molecule has 108 valence electrons. The van der Waals surface area contributed by atoms with Gasteiger partial charge in [0.15, 0.2) is 0 Å². The third-order valence-electron chi connectivity index (χ3n) is 3.55. The predicted octanol–water partition coefficient (Wildman–Crippen LogP) is 2.75. The van der Waals surface area contributed by atoms with Crippen molar-refractivity contribution in [3.05, 3.63) is 32.2 Å². The van der Waals surface area contributed by atoms with E-state index in [9.17, 15) is 9.59 Å². The van der Waals surface area contributed by atoms with Crippen molar-refractivity contribution in [1.29, 1.82) is 0 Å². The molecule has 0 saturated heterocycles. The van der Waals surface area contributed by atoms with Gasteiger partial charge in [0.2, 0.25) is 5.91 Å². The fraction of sp³-hybridized carbons (Fsp3) is 0.429. The number of rotatable bonds is 2. The topological polar surface area (TPSA) is 55.4 Å². The Morgan fingerprint density at radius 3 is 2.40 bits per heavy atom. The van der Waals surface area contributed by atoms with Gasteiger partial charge in [0.05, 0.1) is 7.11 Å². The lowest BCUT2D eigenvalue weighted by Gasteiger charge is -2.36. The molecular formula is C14H15Br2NO3. The highest BCUT2D eigenvalue weighted by Crippen LogP contribution is 2.35. The molecule has 0 heterocycles. The van der Waals surface area contributed by atoms with Crippen LogP contribution < -0.4 is 5.32 Å². The van der Waals surface area contributed by atoms with Crippen LogP contribution in [0.25, 0.3) is 0 Å². The number of ether oxygens (including phenoxy) is 1. The Morgan fingerprint density at radius 1 is 1.25 bits per heavy atom. The van der Waals surface area contributed by atoms with Crippen LogP contribution in [0.1, 0.15) is 24.5 Å². The predicted molar refractivity (Wildman–Crippen MR) is 82.4 cm³/mol. The van der Waals surface area contributed by atoms with Gasteiger partial charge in [0.25, 0.3) is 0 Å². The Bertz CT molecular complexity index is 574. The number of halogens is 2. The average Bonchev–Trinajstić information content (AvgIpc) is 2.39. The lowest BCUT2D eigenvalue weighted by Crippen LogP contribution is -2.57. The van der Waals surface area contributed by atoms with Gasteiger partial charge in [-0.2, -0.15) is 0 Å². The smallest absolute Gasteiger partial charge is 0.331 e. The van der Waals surface area contributed by atoms with E-state index in [1.807, 2.05) is 12.1 Å². The van der Waals surface area contributed by atoms with E-state index < -0.39 is 11.5 Å². The molecule has 2 rings (SSSR count). The van der Waals surface area contributed by atoms with E-state index in [2.05, 4.69) is 37.2 Å². The first-order valence-electron chi connectivity index (χ1n) is 6.22. The molecule has 0 spiro atoms. The molecule has 0 bridgehead atoms. The fourth-order valence-corrected chi connectivity index (χ4v) is 3.43. The van der Waals surface area contributed by atoms with Gasteiger partial charge in [-0.25, -0.2) is 4.79 Å². The number of fused-ring (bicyclic) bond motifs is 1. The number of hydrogen-bond donors (Lipinski definition) is 1. The summed E-state index contributed by atoms with van der Waals surface area (Å²) in [7, 11) is 1.35. The minimum atomic E-state index is -0.957. The molecule has 1 aliphatic rings. The maximum absolute atomic E-state index is 12.1. The second kappa shape index (κ2) is 5.85. The number of esters is 1. The van der Waals surface area contributed by atoms with E-state index in [-0.39, 0.29) is 5.91 Å². The zero-order valence-electron chi connectivity index (χ0n) is 11.3. The van der Waals surface area contributed by atoms with E-state index in [0.717, 1.165) is 20.9 Å². The summed E-state index contributed by atoms with van der Waals surface area (Å²) in [5, 5.41) is 2.78. The van der Waals surface area contributed by atoms with Gasteiger partial charge < -0.3 is 10.1 Å². The molecule has 1 atom stereocenters. The molecule has 1 amide bonds. The highest BCUT2D eigenvalue weighted by Gasteiger charge is 2.43. The summed E-state index contributed by atoms with van der Waals surface area (Å²) >= 11 is 6.94. The summed E-state index contributed by atoms with van der Waals surface area (Å²) in [4.78, 5) is 23.6. The molecule has 0 radical (unpaired) electrons. The van der Waals surface area contributed by atoms with Crippen molar-refractivity contribution in [1.82, 2.24) is 5.32 Å². The molecule has 6 heteroatoms. The number of amides is 1. The lowest BCUT2D eigenvalue weighted by atomic mass is 9.78. The van der Waals surface area contributed by atoms with Crippen LogP contribution >= 0.6 is 31.9 Å². The van der Waals surface area contributed by atoms with Crippen LogP contribution in [0, 0.1) is 0 Å². The van der Waals surface area contributed by atoms with E-state index in [1.165, 1.54) is 19.6 Å². The van der Waals surface area contributed by atoms with Crippen molar-refractivity contribution in [3.63, 3.8) is 0 Å². The van der Waals surface area contributed by atoms with Crippen molar-refractivity contribution < 1.29 is 14.3 Å². The van der Waals surface area contributed by atoms with Crippen LogP contribution in [0.5, 0.6) is 0 Å². The number of carbonyl (C=O) groups excluding carboxylic acids is 2. The highest BCUT2D eigenvalue weighted by molar-refractivity contribution is 9.13. The second-order valence-corrected chi connectivity index (χ2v) is 6.68. The maximum atomic E-state index is 12.1. The normalized spacial score (nSPS) is 21.0. The summed E-state index contributed by atoms with van der Waals surface area (Å²) in [6.45, 7) is 1.41. The number of carbonyl (C=O) groups is 2. The average molecular weight is 405 g/mol. The molecule has 1 aromatic rings. The van der Waals surface area contributed by atoms with Crippen LogP contribution in [-0.2, 0) is 27.2 Å². The Hall–Kier alpha value is -0.880. The SMILES string of the molecule is COC(=O)C1(NC(C)=O)CCc2cc(Br)c(Br)cc2C1. The number of hydrogen-bond acceptors (Lipinski definition) is 3. The summed E-state index contributed by atoms with van der Waals surface area (Å²) in [6, 6.07) is 4.03. The standard InChI is InChI=1S/C14H15Br2NO3/c1-8(18)17-14(13(19)20-2)4-3-9-5-11(15)12(16)6-10(9)7-14/h5-6H,3-4,7H2,1-2H3,(H,17,18). The molecule has 20 heavy (non-hydrogen) atoms. The summed E-state index contributed by atoms with van der Waals surface area (Å²) < 4.78 is 6.81. The quantitative estimate of drug-likeness (QED) is 0.771. The molecule has 1 aromatic carbocycles. The lowest BCUT2D eigenvalue weighted by molar-refractivity contribution is -0.151. The van der Waals surface area contributed by atoms with Gasteiger partial charge in [0.1, 0.15) is 5.54 Å². The number of methoxy groups -OCH3 is 1.